The molecule has 2 aromatic rings. The topological polar surface area (TPSA) is 116 Å². The van der Waals surface area contributed by atoms with Crippen LogP contribution in [-0.4, -0.2) is 41.7 Å². The lowest BCUT2D eigenvalue weighted by atomic mass is 9.96. The van der Waals surface area contributed by atoms with Crippen molar-refractivity contribution < 1.29 is 18.7 Å². The van der Waals surface area contributed by atoms with Crippen molar-refractivity contribution in [3.63, 3.8) is 0 Å². The Morgan fingerprint density at radius 1 is 1.56 bits per heavy atom. The first-order valence-corrected chi connectivity index (χ1v) is 8.24. The number of hydrogen-bond donors (Lipinski definition) is 2. The molecule has 1 saturated heterocycles. The van der Waals surface area contributed by atoms with Crippen molar-refractivity contribution in [1.82, 2.24) is 10.3 Å². The van der Waals surface area contributed by atoms with Crippen LogP contribution in [0.3, 0.4) is 0 Å². The Balaban J connectivity index is 1.65. The number of aliphatic hydroxyl groups is 1. The molecule has 1 atom stereocenters. The third-order valence-electron chi connectivity index (χ3n) is 4.17. The quantitative estimate of drug-likeness (QED) is 0.845. The van der Waals surface area contributed by atoms with Crippen molar-refractivity contribution in [2.45, 2.75) is 25.9 Å². The van der Waals surface area contributed by atoms with Gasteiger partial charge in [-0.25, -0.2) is 0 Å². The number of piperidine rings is 1. The van der Waals surface area contributed by atoms with Gasteiger partial charge in [0.05, 0.1) is 12.4 Å². The van der Waals surface area contributed by atoms with Crippen LogP contribution in [0.2, 0.25) is 0 Å². The average Bonchev–Trinajstić information content (AvgIpc) is 3.28. The maximum Gasteiger partial charge on any atom is 0.266 e. The summed E-state index contributed by atoms with van der Waals surface area (Å²) >= 11 is 0. The van der Waals surface area contributed by atoms with E-state index in [9.17, 15) is 15.2 Å². The fourth-order valence-corrected chi connectivity index (χ4v) is 2.84. The van der Waals surface area contributed by atoms with E-state index in [4.69, 9.17) is 8.83 Å². The first kappa shape index (κ1) is 17.0. The molecule has 0 bridgehead atoms. The van der Waals surface area contributed by atoms with Crippen molar-refractivity contribution >= 4 is 11.8 Å². The van der Waals surface area contributed by atoms with Crippen LogP contribution in [0, 0.1) is 17.2 Å². The van der Waals surface area contributed by atoms with Gasteiger partial charge in [-0.1, -0.05) is 0 Å². The number of nitrogens with one attached hydrogen (secondary N) is 1. The summed E-state index contributed by atoms with van der Waals surface area (Å²) in [4.78, 5) is 18.2. The molecule has 3 rings (SSSR count). The van der Waals surface area contributed by atoms with E-state index in [1.54, 1.807) is 19.1 Å². The maximum absolute atomic E-state index is 12.1. The van der Waals surface area contributed by atoms with E-state index in [2.05, 4.69) is 10.3 Å². The smallest absolute Gasteiger partial charge is 0.266 e. The highest BCUT2D eigenvalue weighted by Gasteiger charge is 2.29. The Bertz CT molecular complexity index is 752. The zero-order chi connectivity index (χ0) is 17.8. The van der Waals surface area contributed by atoms with Crippen LogP contribution in [-0.2, 0) is 4.79 Å². The van der Waals surface area contributed by atoms with Crippen molar-refractivity contribution in [3.8, 4) is 17.7 Å². The molecule has 132 valence electrons. The van der Waals surface area contributed by atoms with Crippen LogP contribution in [0.1, 0.15) is 25.5 Å². The average molecular weight is 344 g/mol. The molecule has 8 heteroatoms. The van der Waals surface area contributed by atoms with E-state index >= 15 is 0 Å². The van der Waals surface area contributed by atoms with E-state index in [1.165, 1.54) is 6.26 Å². The summed E-state index contributed by atoms with van der Waals surface area (Å²) in [6.07, 6.45) is 2.25. The molecular weight excluding hydrogens is 324 g/mol. The fourth-order valence-electron chi connectivity index (χ4n) is 2.84. The third kappa shape index (κ3) is 3.83. The van der Waals surface area contributed by atoms with Crippen LogP contribution in [0.5, 0.6) is 0 Å². The number of nitriles is 1. The molecule has 1 fully saturated rings. The zero-order valence-corrected chi connectivity index (χ0v) is 13.9. The SMILES string of the molecule is CC(O)CNC(=O)C1CCN(c2oc(-c3ccco3)nc2C#N)CC1. The summed E-state index contributed by atoms with van der Waals surface area (Å²) in [7, 11) is 0. The first-order valence-electron chi connectivity index (χ1n) is 8.24. The van der Waals surface area contributed by atoms with Gasteiger partial charge in [0.1, 0.15) is 6.07 Å². The Hall–Kier alpha value is -2.79. The molecule has 0 aliphatic carbocycles. The van der Waals surface area contributed by atoms with E-state index in [-0.39, 0.29) is 30.0 Å². The molecule has 1 aliphatic heterocycles. The van der Waals surface area contributed by atoms with Crippen LogP contribution in [0.4, 0.5) is 5.88 Å². The number of rotatable bonds is 5. The first-order chi connectivity index (χ1) is 12.1. The van der Waals surface area contributed by atoms with Gasteiger partial charge in [-0.2, -0.15) is 10.2 Å². The molecule has 1 amide bonds. The minimum atomic E-state index is -0.559. The number of amides is 1. The Labute approximate surface area is 145 Å². The Morgan fingerprint density at radius 2 is 2.32 bits per heavy atom. The summed E-state index contributed by atoms with van der Waals surface area (Å²) in [6, 6.07) is 5.49. The van der Waals surface area contributed by atoms with Gasteiger partial charge < -0.3 is 24.2 Å². The second-order valence-corrected chi connectivity index (χ2v) is 6.12. The second kappa shape index (κ2) is 7.40. The van der Waals surface area contributed by atoms with Gasteiger partial charge in [-0.05, 0) is 31.9 Å². The van der Waals surface area contributed by atoms with Crippen molar-refractivity contribution in [1.29, 1.82) is 5.26 Å². The summed E-state index contributed by atoms with van der Waals surface area (Å²) < 4.78 is 11.0. The van der Waals surface area contributed by atoms with Crippen molar-refractivity contribution in [2.75, 3.05) is 24.5 Å². The summed E-state index contributed by atoms with van der Waals surface area (Å²) in [5.41, 5.74) is 0.211. The van der Waals surface area contributed by atoms with Gasteiger partial charge >= 0.3 is 0 Å². The van der Waals surface area contributed by atoms with Crippen LogP contribution in [0.25, 0.3) is 11.7 Å². The van der Waals surface area contributed by atoms with E-state index in [1.807, 2.05) is 11.0 Å². The minimum Gasteiger partial charge on any atom is -0.459 e. The maximum atomic E-state index is 12.1. The number of furan rings is 1. The molecule has 0 aromatic carbocycles. The Morgan fingerprint density at radius 3 is 2.92 bits per heavy atom. The lowest BCUT2D eigenvalue weighted by Crippen LogP contribution is -2.42. The number of nitrogens with zero attached hydrogens (tertiary/aromatic N) is 3. The van der Waals surface area contributed by atoms with Gasteiger partial charge in [0, 0.05) is 25.6 Å². The van der Waals surface area contributed by atoms with Gasteiger partial charge in [0.25, 0.3) is 5.89 Å². The third-order valence-corrected chi connectivity index (χ3v) is 4.17. The number of oxazole rings is 1. The lowest BCUT2D eigenvalue weighted by Gasteiger charge is -2.31. The molecule has 2 aromatic heterocycles. The molecule has 1 aliphatic rings. The highest BCUT2D eigenvalue weighted by molar-refractivity contribution is 5.79. The van der Waals surface area contributed by atoms with Gasteiger partial charge in [0.2, 0.25) is 17.5 Å². The largest absolute Gasteiger partial charge is 0.459 e. The van der Waals surface area contributed by atoms with E-state index in [0.717, 1.165) is 0 Å². The number of aliphatic hydroxyl groups excluding tert-OH is 1. The van der Waals surface area contributed by atoms with Gasteiger partial charge in [-0.3, -0.25) is 4.79 Å². The predicted molar refractivity (Wildman–Crippen MR) is 88.5 cm³/mol. The standard InChI is InChI=1S/C17H20N4O4/c1-11(22)10-19-15(23)12-4-6-21(7-5-12)17-13(9-18)20-16(25-17)14-3-2-8-24-14/h2-3,8,11-12,22H,4-7,10H2,1H3,(H,19,23). The molecule has 25 heavy (non-hydrogen) atoms. The molecule has 1 unspecified atom stereocenters. The predicted octanol–water partition coefficient (Wildman–Crippen LogP) is 1.52. The van der Waals surface area contributed by atoms with Gasteiger partial charge in [-0.15, -0.1) is 0 Å². The number of carbonyl (C=O) groups is 1. The van der Waals surface area contributed by atoms with Crippen molar-refractivity contribution in [2.24, 2.45) is 5.92 Å². The summed E-state index contributed by atoms with van der Waals surface area (Å²) in [6.45, 7) is 3.07. The highest BCUT2D eigenvalue weighted by atomic mass is 16.4. The number of aromatic nitrogens is 1. The fraction of sp³-hybridized carbons (Fsp3) is 0.471. The summed E-state index contributed by atoms with van der Waals surface area (Å²) in [5.74, 6) is 1.00. The number of anilines is 1. The summed E-state index contributed by atoms with van der Waals surface area (Å²) in [5, 5.41) is 21.3. The van der Waals surface area contributed by atoms with Gasteiger partial charge in [0.15, 0.2) is 5.76 Å². The molecule has 8 nitrogen and oxygen atoms in total. The van der Waals surface area contributed by atoms with Crippen LogP contribution in [0.15, 0.2) is 27.2 Å². The molecular formula is C17H20N4O4. The van der Waals surface area contributed by atoms with Crippen LogP contribution >= 0.6 is 0 Å². The molecule has 0 saturated carbocycles. The highest BCUT2D eigenvalue weighted by Crippen LogP contribution is 2.31. The van der Waals surface area contributed by atoms with E-state index < -0.39 is 6.10 Å². The lowest BCUT2D eigenvalue weighted by molar-refractivity contribution is -0.126. The minimum absolute atomic E-state index is 0.0464. The number of carbonyl (C=O) groups excluding carboxylic acids is 1. The second-order valence-electron chi connectivity index (χ2n) is 6.12. The van der Waals surface area contributed by atoms with E-state index in [0.29, 0.717) is 37.6 Å². The molecule has 0 radical (unpaired) electrons. The molecule has 2 N–H and O–H groups in total. The van der Waals surface area contributed by atoms with Crippen molar-refractivity contribution in [3.05, 3.63) is 24.1 Å². The monoisotopic (exact) mass is 344 g/mol. The Kier molecular flexibility index (Phi) is 5.05. The molecule has 3 heterocycles. The van der Waals surface area contributed by atoms with Crippen LogP contribution < -0.4 is 10.2 Å². The molecule has 0 spiro atoms. The number of hydrogen-bond acceptors (Lipinski definition) is 7. The normalized spacial score (nSPS) is 16.4. The zero-order valence-electron chi connectivity index (χ0n) is 13.9.